The first-order chi connectivity index (χ1) is 7.60. The molecule has 1 aliphatic rings. The third-order valence-electron chi connectivity index (χ3n) is 2.85. The van der Waals surface area contributed by atoms with Crippen LogP contribution in [0.1, 0.15) is 19.3 Å². The minimum atomic E-state index is -3.12. The molecule has 0 amide bonds. The van der Waals surface area contributed by atoms with Gasteiger partial charge in [-0.05, 0) is 25.2 Å². The lowest BCUT2D eigenvalue weighted by molar-refractivity contribution is 0.157. The Morgan fingerprint density at radius 3 is 2.81 bits per heavy atom. The largest absolute Gasteiger partial charge is 0.396 e. The summed E-state index contributed by atoms with van der Waals surface area (Å²) < 4.78 is 30.3. The lowest BCUT2D eigenvalue weighted by Gasteiger charge is -2.16. The quantitative estimate of drug-likeness (QED) is 0.650. The topological polar surface area (TPSA) is 66.8 Å². The molecule has 0 bridgehead atoms. The number of sulfonamides is 1. The molecule has 0 saturated carbocycles. The van der Waals surface area contributed by atoms with Crippen molar-refractivity contribution in [1.82, 2.24) is 4.31 Å². The van der Waals surface area contributed by atoms with Crippen LogP contribution in [-0.2, 0) is 14.8 Å². The standard InChI is InChI=1S/C10H21NO4S/c1-15-9-10-4-5-11(8-10)16(13,14)7-3-2-6-12/h10,12H,2-9H2,1H3. The molecule has 6 heteroatoms. The number of aliphatic hydroxyl groups excluding tert-OH is 1. The molecule has 5 nitrogen and oxygen atoms in total. The molecule has 1 atom stereocenters. The smallest absolute Gasteiger partial charge is 0.214 e. The van der Waals surface area contributed by atoms with Crippen molar-refractivity contribution in [2.45, 2.75) is 19.3 Å². The van der Waals surface area contributed by atoms with Crippen LogP contribution in [0, 0.1) is 5.92 Å². The molecule has 1 aliphatic heterocycles. The number of methoxy groups -OCH3 is 1. The van der Waals surface area contributed by atoms with E-state index in [0.717, 1.165) is 6.42 Å². The summed E-state index contributed by atoms with van der Waals surface area (Å²) >= 11 is 0. The maximum absolute atomic E-state index is 11.9. The molecule has 1 heterocycles. The van der Waals surface area contributed by atoms with E-state index >= 15 is 0 Å². The molecule has 1 rings (SSSR count). The Labute approximate surface area is 97.4 Å². The fourth-order valence-electron chi connectivity index (χ4n) is 1.95. The minimum Gasteiger partial charge on any atom is -0.396 e. The average molecular weight is 251 g/mol. The van der Waals surface area contributed by atoms with Gasteiger partial charge in [0.15, 0.2) is 0 Å². The van der Waals surface area contributed by atoms with Crippen LogP contribution in [0.2, 0.25) is 0 Å². The Morgan fingerprint density at radius 2 is 2.19 bits per heavy atom. The summed E-state index contributed by atoms with van der Waals surface area (Å²) in [4.78, 5) is 0. The first-order valence-electron chi connectivity index (χ1n) is 5.67. The Bertz CT molecular complexity index is 291. The molecule has 0 aromatic rings. The SMILES string of the molecule is COCC1CCN(S(=O)(=O)CCCCO)C1. The predicted molar refractivity (Wildman–Crippen MR) is 61.7 cm³/mol. The van der Waals surface area contributed by atoms with Gasteiger partial charge in [-0.3, -0.25) is 0 Å². The zero-order chi connectivity index (χ0) is 12.0. The molecule has 1 saturated heterocycles. The number of rotatable bonds is 7. The fourth-order valence-corrected chi connectivity index (χ4v) is 3.60. The van der Waals surface area contributed by atoms with Gasteiger partial charge in [-0.25, -0.2) is 12.7 Å². The average Bonchev–Trinajstić information content (AvgIpc) is 2.68. The number of hydrogen-bond acceptors (Lipinski definition) is 4. The van der Waals surface area contributed by atoms with Crippen LogP contribution >= 0.6 is 0 Å². The molecule has 16 heavy (non-hydrogen) atoms. The summed E-state index contributed by atoms with van der Waals surface area (Å²) in [5.41, 5.74) is 0. The monoisotopic (exact) mass is 251 g/mol. The van der Waals surface area contributed by atoms with E-state index in [1.165, 1.54) is 0 Å². The summed E-state index contributed by atoms with van der Waals surface area (Å²) in [6, 6.07) is 0. The van der Waals surface area contributed by atoms with Crippen LogP contribution in [0.25, 0.3) is 0 Å². The number of nitrogens with zero attached hydrogens (tertiary/aromatic N) is 1. The summed E-state index contributed by atoms with van der Waals surface area (Å²) in [6.45, 7) is 1.87. The number of ether oxygens (including phenoxy) is 1. The van der Waals surface area contributed by atoms with E-state index in [-0.39, 0.29) is 12.4 Å². The Balaban J connectivity index is 2.39. The highest BCUT2D eigenvalue weighted by molar-refractivity contribution is 7.89. The van der Waals surface area contributed by atoms with E-state index in [2.05, 4.69) is 0 Å². The first kappa shape index (κ1) is 13.9. The van der Waals surface area contributed by atoms with Crippen molar-refractivity contribution in [2.24, 2.45) is 5.92 Å². The molecular weight excluding hydrogens is 230 g/mol. The zero-order valence-corrected chi connectivity index (χ0v) is 10.6. The molecule has 0 spiro atoms. The molecule has 96 valence electrons. The van der Waals surface area contributed by atoms with Gasteiger partial charge < -0.3 is 9.84 Å². The second kappa shape index (κ2) is 6.54. The highest BCUT2D eigenvalue weighted by atomic mass is 32.2. The van der Waals surface area contributed by atoms with E-state index in [1.807, 2.05) is 0 Å². The van der Waals surface area contributed by atoms with Crippen molar-refractivity contribution in [1.29, 1.82) is 0 Å². The van der Waals surface area contributed by atoms with Crippen LogP contribution in [0.15, 0.2) is 0 Å². The van der Waals surface area contributed by atoms with Gasteiger partial charge in [0.25, 0.3) is 0 Å². The Morgan fingerprint density at radius 1 is 1.44 bits per heavy atom. The molecule has 0 aromatic heterocycles. The maximum atomic E-state index is 11.9. The van der Waals surface area contributed by atoms with E-state index < -0.39 is 10.0 Å². The molecule has 0 aromatic carbocycles. The molecule has 0 radical (unpaired) electrons. The molecule has 0 aliphatic carbocycles. The van der Waals surface area contributed by atoms with Gasteiger partial charge in [0.1, 0.15) is 0 Å². The first-order valence-corrected chi connectivity index (χ1v) is 7.28. The lowest BCUT2D eigenvalue weighted by Crippen LogP contribution is -2.31. The van der Waals surface area contributed by atoms with Gasteiger partial charge >= 0.3 is 0 Å². The second-order valence-corrected chi connectivity index (χ2v) is 6.30. The van der Waals surface area contributed by atoms with Gasteiger partial charge in [-0.2, -0.15) is 0 Å². The minimum absolute atomic E-state index is 0.0574. The number of hydrogen-bond donors (Lipinski definition) is 1. The van der Waals surface area contributed by atoms with Gasteiger partial charge in [-0.15, -0.1) is 0 Å². The molecular formula is C10H21NO4S. The van der Waals surface area contributed by atoms with Crippen LogP contribution in [0.5, 0.6) is 0 Å². The maximum Gasteiger partial charge on any atom is 0.214 e. The highest BCUT2D eigenvalue weighted by Crippen LogP contribution is 2.20. The van der Waals surface area contributed by atoms with E-state index in [0.29, 0.717) is 38.5 Å². The van der Waals surface area contributed by atoms with Crippen molar-refractivity contribution in [3.8, 4) is 0 Å². The number of aliphatic hydroxyl groups is 1. The third-order valence-corrected chi connectivity index (χ3v) is 4.78. The van der Waals surface area contributed by atoms with Gasteiger partial charge in [0.2, 0.25) is 10.0 Å². The summed E-state index contributed by atoms with van der Waals surface area (Å²) in [5.74, 6) is 0.477. The van der Waals surface area contributed by atoms with Crippen molar-refractivity contribution < 1.29 is 18.3 Å². The van der Waals surface area contributed by atoms with Gasteiger partial charge in [0, 0.05) is 26.8 Å². The highest BCUT2D eigenvalue weighted by Gasteiger charge is 2.30. The number of unbranched alkanes of at least 4 members (excludes halogenated alkanes) is 1. The third kappa shape index (κ3) is 4.01. The van der Waals surface area contributed by atoms with E-state index in [4.69, 9.17) is 9.84 Å². The van der Waals surface area contributed by atoms with Crippen molar-refractivity contribution in [3.63, 3.8) is 0 Å². The summed E-state index contributed by atoms with van der Waals surface area (Å²) in [5, 5.41) is 8.62. The second-order valence-electron chi connectivity index (χ2n) is 4.21. The zero-order valence-electron chi connectivity index (χ0n) is 9.76. The summed E-state index contributed by atoms with van der Waals surface area (Å²) in [7, 11) is -1.48. The van der Waals surface area contributed by atoms with Crippen molar-refractivity contribution >= 4 is 10.0 Å². The van der Waals surface area contributed by atoms with Gasteiger partial charge in [0.05, 0.1) is 12.4 Å². The van der Waals surface area contributed by atoms with Crippen molar-refractivity contribution in [2.75, 3.05) is 39.2 Å². The molecule has 1 fully saturated rings. The van der Waals surface area contributed by atoms with Gasteiger partial charge in [-0.1, -0.05) is 0 Å². The molecule has 1 unspecified atom stereocenters. The van der Waals surface area contributed by atoms with Crippen LogP contribution < -0.4 is 0 Å². The van der Waals surface area contributed by atoms with Crippen molar-refractivity contribution in [3.05, 3.63) is 0 Å². The van der Waals surface area contributed by atoms with Crippen LogP contribution in [0.4, 0.5) is 0 Å². The van der Waals surface area contributed by atoms with Crippen LogP contribution in [0.3, 0.4) is 0 Å². The Hall–Kier alpha value is -0.170. The fraction of sp³-hybridized carbons (Fsp3) is 1.00. The van der Waals surface area contributed by atoms with E-state index in [1.54, 1.807) is 11.4 Å². The normalized spacial score (nSPS) is 22.8. The van der Waals surface area contributed by atoms with E-state index in [9.17, 15) is 8.42 Å². The summed E-state index contributed by atoms with van der Waals surface area (Å²) in [6.07, 6.45) is 1.96. The lowest BCUT2D eigenvalue weighted by atomic mass is 10.1. The Kier molecular flexibility index (Phi) is 5.68. The predicted octanol–water partition coefficient (Wildman–Crippen LogP) is 0.0570. The van der Waals surface area contributed by atoms with Crippen LogP contribution in [-0.4, -0.2) is 57.0 Å². The molecule has 1 N–H and O–H groups in total.